The van der Waals surface area contributed by atoms with Gasteiger partial charge in [-0.15, -0.1) is 0 Å². The number of carbonyl (C=O) groups excluding carboxylic acids is 1. The predicted molar refractivity (Wildman–Crippen MR) is 56.3 cm³/mol. The van der Waals surface area contributed by atoms with Gasteiger partial charge in [0, 0.05) is 4.90 Å². The molecule has 0 N–H and O–H groups in total. The van der Waals surface area contributed by atoms with Crippen molar-refractivity contribution in [2.45, 2.75) is 17.3 Å². The minimum absolute atomic E-state index is 0.0662. The fourth-order valence-corrected chi connectivity index (χ4v) is 1.73. The lowest BCUT2D eigenvalue weighted by Gasteiger charge is -2.09. The maximum atomic E-state index is 12.2. The number of hydrogen-bond acceptors (Lipinski definition) is 4. The highest BCUT2D eigenvalue weighted by Crippen LogP contribution is 2.30. The van der Waals surface area contributed by atoms with Crippen LogP contribution in [0.3, 0.4) is 0 Å². The largest absolute Gasteiger partial charge is 0.465 e. The minimum Gasteiger partial charge on any atom is -0.465 e. The number of methoxy groups -OCH3 is 1. The van der Waals surface area contributed by atoms with Gasteiger partial charge >= 0.3 is 12.6 Å². The molecule has 0 saturated carbocycles. The molecule has 1 aromatic carbocycles. The van der Waals surface area contributed by atoms with E-state index in [0.717, 1.165) is 25.3 Å². The predicted octanol–water partition coefficient (Wildman–Crippen LogP) is 3.39. The van der Waals surface area contributed by atoms with Crippen LogP contribution in [-0.2, 0) is 4.74 Å². The van der Waals surface area contributed by atoms with Crippen molar-refractivity contribution in [1.29, 1.82) is 0 Å². The molecule has 3 nitrogen and oxygen atoms in total. The molecule has 0 aliphatic heterocycles. The second-order valence-corrected chi connectivity index (χ2v) is 4.01. The second-order valence-electron chi connectivity index (χ2n) is 2.94. The van der Waals surface area contributed by atoms with E-state index >= 15 is 0 Å². The number of ether oxygens (including phenoxy) is 2. The highest BCUT2D eigenvalue weighted by Gasteiger charge is 2.14. The lowest BCUT2D eigenvalue weighted by atomic mass is 10.2. The molecule has 0 spiro atoms. The SMILES string of the molecule is COC(=O)c1cc(OC(F)F)cc(SC(F)F)c1. The first-order valence-electron chi connectivity index (χ1n) is 4.55. The van der Waals surface area contributed by atoms with Gasteiger partial charge < -0.3 is 9.47 Å². The quantitative estimate of drug-likeness (QED) is 0.471. The summed E-state index contributed by atoms with van der Waals surface area (Å²) in [5.74, 6) is -3.95. The minimum atomic E-state index is -3.11. The van der Waals surface area contributed by atoms with Gasteiger partial charge in [0.2, 0.25) is 0 Å². The summed E-state index contributed by atoms with van der Waals surface area (Å²) in [6, 6.07) is 3.10. The summed E-state index contributed by atoms with van der Waals surface area (Å²) in [4.78, 5) is 11.2. The molecule has 0 atom stereocenters. The molecule has 0 aromatic heterocycles. The van der Waals surface area contributed by atoms with E-state index in [2.05, 4.69) is 9.47 Å². The molecule has 0 radical (unpaired) electrons. The van der Waals surface area contributed by atoms with Crippen molar-refractivity contribution < 1.29 is 31.8 Å². The fraction of sp³-hybridized carbons (Fsp3) is 0.300. The van der Waals surface area contributed by atoms with Crippen LogP contribution in [0.2, 0.25) is 0 Å². The van der Waals surface area contributed by atoms with Crippen molar-refractivity contribution in [3.05, 3.63) is 23.8 Å². The smallest absolute Gasteiger partial charge is 0.387 e. The van der Waals surface area contributed by atoms with Crippen LogP contribution in [0.4, 0.5) is 17.6 Å². The first kappa shape index (κ1) is 14.6. The van der Waals surface area contributed by atoms with Gasteiger partial charge in [-0.1, -0.05) is 11.8 Å². The Hall–Kier alpha value is -1.44. The summed E-state index contributed by atoms with van der Waals surface area (Å²) in [6.45, 7) is -3.11. The van der Waals surface area contributed by atoms with Crippen molar-refractivity contribution in [2.75, 3.05) is 7.11 Å². The van der Waals surface area contributed by atoms with Crippen LogP contribution in [0.15, 0.2) is 23.1 Å². The van der Waals surface area contributed by atoms with Crippen LogP contribution in [0.5, 0.6) is 5.75 Å². The summed E-state index contributed by atoms with van der Waals surface area (Å²) in [5, 5.41) is 0. The van der Waals surface area contributed by atoms with Crippen LogP contribution in [0, 0.1) is 0 Å². The van der Waals surface area contributed by atoms with Gasteiger partial charge in [-0.3, -0.25) is 0 Å². The van der Waals surface area contributed by atoms with Gasteiger partial charge in [0.15, 0.2) is 0 Å². The molecule has 0 bridgehead atoms. The third-order valence-electron chi connectivity index (χ3n) is 1.75. The Kier molecular flexibility index (Phi) is 5.26. The topological polar surface area (TPSA) is 35.5 Å². The number of alkyl halides is 4. The van der Waals surface area contributed by atoms with Gasteiger partial charge in [0.05, 0.1) is 12.7 Å². The zero-order valence-corrected chi connectivity index (χ0v) is 9.85. The molecule has 0 saturated heterocycles. The molecule has 0 fully saturated rings. The van der Waals surface area contributed by atoms with E-state index in [1.165, 1.54) is 0 Å². The Morgan fingerprint density at radius 2 is 1.89 bits per heavy atom. The number of halogens is 4. The van der Waals surface area contributed by atoms with E-state index < -0.39 is 18.3 Å². The third kappa shape index (κ3) is 4.44. The maximum absolute atomic E-state index is 12.2. The molecule has 18 heavy (non-hydrogen) atoms. The van der Waals surface area contributed by atoms with Crippen LogP contribution >= 0.6 is 11.8 Å². The van der Waals surface area contributed by atoms with Gasteiger partial charge in [-0.05, 0) is 18.2 Å². The first-order valence-corrected chi connectivity index (χ1v) is 5.43. The molecule has 0 aliphatic rings. The van der Waals surface area contributed by atoms with Gasteiger partial charge in [0.1, 0.15) is 5.75 Å². The molecular weight excluding hydrogens is 276 g/mol. The van der Waals surface area contributed by atoms with Crippen molar-refractivity contribution in [3.8, 4) is 5.75 Å². The molecule has 1 rings (SSSR count). The van der Waals surface area contributed by atoms with Gasteiger partial charge in [-0.2, -0.15) is 17.6 Å². The van der Waals surface area contributed by atoms with Crippen LogP contribution in [0.1, 0.15) is 10.4 Å². The Bertz CT molecular complexity index is 397. The van der Waals surface area contributed by atoms with Crippen molar-refractivity contribution in [1.82, 2.24) is 0 Å². The van der Waals surface area contributed by atoms with Crippen molar-refractivity contribution >= 4 is 17.7 Å². The van der Waals surface area contributed by atoms with Crippen LogP contribution in [-0.4, -0.2) is 25.4 Å². The summed E-state index contributed by atoms with van der Waals surface area (Å²) >= 11 is 0.116. The fourth-order valence-electron chi connectivity index (χ4n) is 1.15. The monoisotopic (exact) mass is 284 g/mol. The van der Waals surface area contributed by atoms with Crippen molar-refractivity contribution in [3.63, 3.8) is 0 Å². The Morgan fingerprint density at radius 1 is 1.22 bits per heavy atom. The number of benzene rings is 1. The van der Waals surface area contributed by atoms with Crippen molar-refractivity contribution in [2.24, 2.45) is 0 Å². The molecule has 0 heterocycles. The normalized spacial score (nSPS) is 10.8. The lowest BCUT2D eigenvalue weighted by molar-refractivity contribution is -0.0500. The Morgan fingerprint density at radius 3 is 2.39 bits per heavy atom. The maximum Gasteiger partial charge on any atom is 0.387 e. The van der Waals surface area contributed by atoms with E-state index in [1.54, 1.807) is 0 Å². The van der Waals surface area contributed by atoms with Gasteiger partial charge in [0.25, 0.3) is 5.76 Å². The highest BCUT2D eigenvalue weighted by atomic mass is 32.2. The molecule has 1 aromatic rings. The van der Waals surface area contributed by atoms with E-state index in [9.17, 15) is 22.4 Å². The number of hydrogen-bond donors (Lipinski definition) is 0. The third-order valence-corrected chi connectivity index (χ3v) is 2.44. The lowest BCUT2D eigenvalue weighted by Crippen LogP contribution is -2.05. The molecule has 100 valence electrons. The number of carbonyl (C=O) groups is 1. The molecule has 0 amide bonds. The number of thioether (sulfide) groups is 1. The van der Waals surface area contributed by atoms with Gasteiger partial charge in [-0.25, -0.2) is 4.79 Å². The summed E-state index contributed by atoms with van der Waals surface area (Å²) in [6.07, 6.45) is 0. The first-order chi connectivity index (χ1) is 8.42. The Labute approximate surface area is 104 Å². The number of rotatable bonds is 5. The summed E-state index contributed by atoms with van der Waals surface area (Å²) in [5.41, 5.74) is -0.140. The van der Waals surface area contributed by atoms with Crippen LogP contribution < -0.4 is 4.74 Å². The van der Waals surface area contributed by atoms with E-state index in [1.807, 2.05) is 0 Å². The average molecular weight is 284 g/mol. The number of esters is 1. The standard InChI is InChI=1S/C10H8F4O3S/c1-16-8(15)5-2-6(17-9(11)12)4-7(3-5)18-10(13)14/h2-4,9-10H,1H3. The zero-order chi connectivity index (χ0) is 13.7. The van der Waals surface area contributed by atoms with Crippen LogP contribution in [0.25, 0.3) is 0 Å². The van der Waals surface area contributed by atoms with E-state index in [0.29, 0.717) is 0 Å². The summed E-state index contributed by atoms with van der Waals surface area (Å²) in [7, 11) is 1.09. The molecule has 0 unspecified atom stereocenters. The summed E-state index contributed by atoms with van der Waals surface area (Å²) < 4.78 is 56.9. The van der Waals surface area contributed by atoms with E-state index in [4.69, 9.17) is 0 Å². The highest BCUT2D eigenvalue weighted by molar-refractivity contribution is 7.99. The molecular formula is C10H8F4O3S. The Balaban J connectivity index is 3.07. The molecule has 0 aliphatic carbocycles. The second kappa shape index (κ2) is 6.48. The molecule has 8 heteroatoms. The van der Waals surface area contributed by atoms with E-state index in [-0.39, 0.29) is 28.0 Å². The average Bonchev–Trinajstić information content (AvgIpc) is 2.25. The zero-order valence-electron chi connectivity index (χ0n) is 9.03.